The quantitative estimate of drug-likeness (QED) is 0.744. The van der Waals surface area contributed by atoms with Crippen LogP contribution in [0.1, 0.15) is 15.9 Å². The fourth-order valence-corrected chi connectivity index (χ4v) is 2.72. The van der Waals surface area contributed by atoms with Gasteiger partial charge in [0.25, 0.3) is 5.91 Å². The summed E-state index contributed by atoms with van der Waals surface area (Å²) in [6, 6.07) is 11.8. The van der Waals surface area contributed by atoms with Crippen LogP contribution < -0.4 is 10.6 Å². The van der Waals surface area contributed by atoms with Crippen molar-refractivity contribution in [1.29, 1.82) is 0 Å². The summed E-state index contributed by atoms with van der Waals surface area (Å²) in [6.45, 7) is 0.602. The van der Waals surface area contributed by atoms with Crippen molar-refractivity contribution in [3.05, 3.63) is 68.7 Å². The number of benzene rings is 2. The molecule has 0 aromatic heterocycles. The van der Waals surface area contributed by atoms with Gasteiger partial charge < -0.3 is 10.6 Å². The van der Waals surface area contributed by atoms with Crippen LogP contribution in [-0.4, -0.2) is 24.9 Å². The Hall–Kier alpha value is -1.75. The predicted octanol–water partition coefficient (Wildman–Crippen LogP) is 3.74. The van der Waals surface area contributed by atoms with Gasteiger partial charge in [0.2, 0.25) is 5.91 Å². The highest BCUT2D eigenvalue weighted by molar-refractivity contribution is 6.35. The third kappa shape index (κ3) is 5.41. The van der Waals surface area contributed by atoms with Gasteiger partial charge in [-0.05, 0) is 29.8 Å². The van der Waals surface area contributed by atoms with Gasteiger partial charge in [0.15, 0.2) is 0 Å². The minimum absolute atomic E-state index is 0.147. The Labute approximate surface area is 155 Å². The largest absolute Gasteiger partial charge is 0.354 e. The van der Waals surface area contributed by atoms with Crippen molar-refractivity contribution < 1.29 is 9.59 Å². The SMILES string of the molecule is O=C(Cc1ccc(Cl)cc1Cl)NCCNC(=O)c1ccccc1Cl. The van der Waals surface area contributed by atoms with E-state index >= 15 is 0 Å². The molecule has 0 bridgehead atoms. The predicted molar refractivity (Wildman–Crippen MR) is 97.0 cm³/mol. The molecule has 0 aliphatic rings. The first kappa shape index (κ1) is 18.6. The molecule has 0 aliphatic heterocycles. The summed E-state index contributed by atoms with van der Waals surface area (Å²) in [7, 11) is 0. The van der Waals surface area contributed by atoms with Crippen molar-refractivity contribution in [2.45, 2.75) is 6.42 Å². The van der Waals surface area contributed by atoms with Gasteiger partial charge in [0, 0.05) is 23.1 Å². The molecule has 0 saturated carbocycles. The van der Waals surface area contributed by atoms with Crippen LogP contribution >= 0.6 is 34.8 Å². The van der Waals surface area contributed by atoms with E-state index in [9.17, 15) is 9.59 Å². The fraction of sp³-hybridized carbons (Fsp3) is 0.176. The minimum Gasteiger partial charge on any atom is -0.354 e. The van der Waals surface area contributed by atoms with Gasteiger partial charge in [-0.3, -0.25) is 9.59 Å². The van der Waals surface area contributed by atoms with E-state index in [2.05, 4.69) is 10.6 Å². The van der Waals surface area contributed by atoms with Crippen LogP contribution in [0.3, 0.4) is 0 Å². The van der Waals surface area contributed by atoms with Crippen molar-refractivity contribution in [1.82, 2.24) is 10.6 Å². The Balaban J connectivity index is 1.75. The molecule has 0 aliphatic carbocycles. The zero-order valence-corrected chi connectivity index (χ0v) is 14.9. The van der Waals surface area contributed by atoms with E-state index in [-0.39, 0.29) is 18.2 Å². The zero-order valence-electron chi connectivity index (χ0n) is 12.6. The van der Waals surface area contributed by atoms with Crippen molar-refractivity contribution in [2.24, 2.45) is 0 Å². The topological polar surface area (TPSA) is 58.2 Å². The first-order valence-corrected chi connectivity index (χ1v) is 8.34. The van der Waals surface area contributed by atoms with Crippen LogP contribution in [0.2, 0.25) is 15.1 Å². The lowest BCUT2D eigenvalue weighted by molar-refractivity contribution is -0.120. The molecule has 7 heteroatoms. The summed E-state index contributed by atoms with van der Waals surface area (Å²) in [4.78, 5) is 23.8. The van der Waals surface area contributed by atoms with Gasteiger partial charge in [-0.2, -0.15) is 0 Å². The second-order valence-corrected chi connectivity index (χ2v) is 6.25. The molecule has 0 unspecified atom stereocenters. The molecular formula is C17H15Cl3N2O2. The first-order chi connectivity index (χ1) is 11.5. The van der Waals surface area contributed by atoms with Crippen molar-refractivity contribution in [3.63, 3.8) is 0 Å². The van der Waals surface area contributed by atoms with Crippen molar-refractivity contribution in [3.8, 4) is 0 Å². The van der Waals surface area contributed by atoms with Gasteiger partial charge in [-0.25, -0.2) is 0 Å². The maximum atomic E-state index is 11.9. The number of rotatable bonds is 6. The zero-order chi connectivity index (χ0) is 17.5. The van der Waals surface area contributed by atoms with Crippen molar-refractivity contribution >= 4 is 46.6 Å². The summed E-state index contributed by atoms with van der Waals surface area (Å²) < 4.78 is 0. The Bertz CT molecular complexity index is 750. The normalized spacial score (nSPS) is 10.3. The molecule has 2 rings (SSSR count). The van der Waals surface area contributed by atoms with Gasteiger partial charge in [0.05, 0.1) is 17.0 Å². The van der Waals surface area contributed by atoms with Gasteiger partial charge in [-0.15, -0.1) is 0 Å². The molecule has 24 heavy (non-hydrogen) atoms. The molecule has 0 heterocycles. The fourth-order valence-electron chi connectivity index (χ4n) is 2.02. The van der Waals surface area contributed by atoms with E-state index in [1.165, 1.54) is 0 Å². The van der Waals surface area contributed by atoms with Crippen LogP contribution in [-0.2, 0) is 11.2 Å². The second kappa shape index (κ2) is 8.92. The van der Waals surface area contributed by atoms with Crippen molar-refractivity contribution in [2.75, 3.05) is 13.1 Å². The maximum absolute atomic E-state index is 11.9. The molecule has 0 spiro atoms. The van der Waals surface area contributed by atoms with Crippen LogP contribution in [0, 0.1) is 0 Å². The number of nitrogens with one attached hydrogen (secondary N) is 2. The highest BCUT2D eigenvalue weighted by atomic mass is 35.5. The molecule has 0 atom stereocenters. The standard InChI is InChI=1S/C17H15Cl3N2O2/c18-12-6-5-11(15(20)10-12)9-16(23)21-7-8-22-17(24)13-3-1-2-4-14(13)19/h1-6,10H,7-9H2,(H,21,23)(H,22,24). The highest BCUT2D eigenvalue weighted by Gasteiger charge is 2.10. The molecule has 2 aromatic rings. The molecule has 4 nitrogen and oxygen atoms in total. The molecule has 126 valence electrons. The Kier molecular flexibility index (Phi) is 6.91. The van der Waals surface area contributed by atoms with E-state index in [0.717, 1.165) is 0 Å². The number of halogens is 3. The lowest BCUT2D eigenvalue weighted by atomic mass is 10.1. The first-order valence-electron chi connectivity index (χ1n) is 7.20. The Morgan fingerprint density at radius 1 is 0.875 bits per heavy atom. The Morgan fingerprint density at radius 2 is 1.58 bits per heavy atom. The summed E-state index contributed by atoms with van der Waals surface area (Å²) in [6.07, 6.45) is 0.147. The van der Waals surface area contributed by atoms with E-state index in [1.807, 2.05) is 0 Å². The number of carbonyl (C=O) groups excluding carboxylic acids is 2. The van der Waals surface area contributed by atoms with Crippen LogP contribution in [0.15, 0.2) is 42.5 Å². The number of amides is 2. The van der Waals surface area contributed by atoms with E-state index in [0.29, 0.717) is 39.3 Å². The molecule has 2 N–H and O–H groups in total. The summed E-state index contributed by atoms with van der Waals surface area (Å²) in [5.74, 6) is -0.471. The molecule has 0 saturated heterocycles. The number of hydrogen-bond acceptors (Lipinski definition) is 2. The summed E-state index contributed by atoms with van der Waals surface area (Å²) in [5.41, 5.74) is 1.09. The monoisotopic (exact) mass is 384 g/mol. The molecule has 2 aromatic carbocycles. The van der Waals surface area contributed by atoms with E-state index in [4.69, 9.17) is 34.8 Å². The van der Waals surface area contributed by atoms with E-state index in [1.54, 1.807) is 42.5 Å². The molecule has 0 fully saturated rings. The van der Waals surface area contributed by atoms with E-state index < -0.39 is 0 Å². The average molecular weight is 386 g/mol. The third-order valence-electron chi connectivity index (χ3n) is 3.22. The van der Waals surface area contributed by atoms with Gasteiger partial charge in [0.1, 0.15) is 0 Å². The van der Waals surface area contributed by atoms with Crippen LogP contribution in [0.25, 0.3) is 0 Å². The van der Waals surface area contributed by atoms with Crippen LogP contribution in [0.4, 0.5) is 0 Å². The van der Waals surface area contributed by atoms with Gasteiger partial charge >= 0.3 is 0 Å². The highest BCUT2D eigenvalue weighted by Crippen LogP contribution is 2.21. The smallest absolute Gasteiger partial charge is 0.252 e. The maximum Gasteiger partial charge on any atom is 0.252 e. The van der Waals surface area contributed by atoms with Crippen LogP contribution in [0.5, 0.6) is 0 Å². The lowest BCUT2D eigenvalue weighted by Gasteiger charge is -2.09. The summed E-state index contributed by atoms with van der Waals surface area (Å²) >= 11 is 17.8. The second-order valence-electron chi connectivity index (χ2n) is 5.00. The molecule has 2 amide bonds. The average Bonchev–Trinajstić information content (AvgIpc) is 2.54. The van der Waals surface area contributed by atoms with Gasteiger partial charge in [-0.1, -0.05) is 53.0 Å². The number of carbonyl (C=O) groups is 2. The molecule has 0 radical (unpaired) electrons. The minimum atomic E-state index is -0.282. The third-order valence-corrected chi connectivity index (χ3v) is 4.13. The Morgan fingerprint density at radius 3 is 2.29 bits per heavy atom. The number of hydrogen-bond donors (Lipinski definition) is 2. The molecular weight excluding hydrogens is 371 g/mol. The lowest BCUT2D eigenvalue weighted by Crippen LogP contribution is -2.35. The summed E-state index contributed by atoms with van der Waals surface area (Å²) in [5, 5.41) is 6.77.